The van der Waals surface area contributed by atoms with Gasteiger partial charge in [0.05, 0.1) is 5.56 Å². The van der Waals surface area contributed by atoms with E-state index < -0.39 is 23.8 Å². The lowest BCUT2D eigenvalue weighted by Crippen LogP contribution is -2.50. The number of amides is 2. The Morgan fingerprint density at radius 1 is 1.15 bits per heavy atom. The van der Waals surface area contributed by atoms with E-state index in [1.807, 2.05) is 38.1 Å². The molecule has 1 N–H and O–H groups in total. The number of carbonyl (C=O) groups is 3. The van der Waals surface area contributed by atoms with Gasteiger partial charge >= 0.3 is 5.97 Å². The fourth-order valence-corrected chi connectivity index (χ4v) is 3.41. The van der Waals surface area contributed by atoms with Gasteiger partial charge in [0.1, 0.15) is 6.04 Å². The maximum Gasteiger partial charge on any atom is 0.326 e. The highest BCUT2D eigenvalue weighted by Gasteiger charge is 2.40. The van der Waals surface area contributed by atoms with Crippen LogP contribution in [0.4, 0.5) is 5.69 Å². The molecule has 1 heterocycles. The summed E-state index contributed by atoms with van der Waals surface area (Å²) >= 11 is 0. The Morgan fingerprint density at radius 2 is 1.85 bits per heavy atom. The Kier molecular flexibility index (Phi) is 4.68. The van der Waals surface area contributed by atoms with Gasteiger partial charge in [-0.15, -0.1) is 0 Å². The van der Waals surface area contributed by atoms with Crippen LogP contribution in [0.25, 0.3) is 10.8 Å². The lowest BCUT2D eigenvalue weighted by Gasteiger charge is -2.32. The summed E-state index contributed by atoms with van der Waals surface area (Å²) in [4.78, 5) is 40.7. The molecule has 0 radical (unpaired) electrons. The highest BCUT2D eigenvalue weighted by Crippen LogP contribution is 2.34. The molecule has 3 rings (SSSR count). The van der Waals surface area contributed by atoms with Gasteiger partial charge in [0, 0.05) is 30.7 Å². The molecule has 6 heteroatoms. The molecule has 26 heavy (non-hydrogen) atoms. The molecule has 0 aromatic heterocycles. The lowest BCUT2D eigenvalue weighted by molar-refractivity contribution is -0.141. The molecule has 2 amide bonds. The minimum atomic E-state index is -1.15. The summed E-state index contributed by atoms with van der Waals surface area (Å²) < 4.78 is 0. The first-order valence-corrected chi connectivity index (χ1v) is 8.71. The predicted molar refractivity (Wildman–Crippen MR) is 99.7 cm³/mol. The number of anilines is 1. The highest BCUT2D eigenvalue weighted by atomic mass is 16.4. The molecule has 2 aromatic rings. The summed E-state index contributed by atoms with van der Waals surface area (Å²) in [6.45, 7) is 1.94. The molecule has 1 unspecified atom stereocenters. The molecule has 0 bridgehead atoms. The van der Waals surface area contributed by atoms with Gasteiger partial charge < -0.3 is 10.0 Å². The Bertz CT molecular complexity index is 904. The lowest BCUT2D eigenvalue weighted by atomic mass is 9.91. The molecule has 0 fully saturated rings. The number of rotatable bonds is 6. The second-order valence-corrected chi connectivity index (χ2v) is 6.77. The highest BCUT2D eigenvalue weighted by molar-refractivity contribution is 6.26. The van der Waals surface area contributed by atoms with Crippen molar-refractivity contribution in [1.82, 2.24) is 4.90 Å². The Balaban J connectivity index is 2.20. The summed E-state index contributed by atoms with van der Waals surface area (Å²) in [7, 11) is 3.74. The van der Waals surface area contributed by atoms with Gasteiger partial charge in [-0.05, 0) is 30.0 Å². The van der Waals surface area contributed by atoms with Gasteiger partial charge in [-0.1, -0.05) is 31.9 Å². The number of nitrogens with zero attached hydrogens (tertiary/aromatic N) is 2. The monoisotopic (exact) mass is 354 g/mol. The third kappa shape index (κ3) is 2.81. The molecule has 1 atom stereocenters. The van der Waals surface area contributed by atoms with Crippen molar-refractivity contribution in [2.45, 2.75) is 32.2 Å². The van der Waals surface area contributed by atoms with E-state index in [9.17, 15) is 19.5 Å². The van der Waals surface area contributed by atoms with E-state index in [0.717, 1.165) is 22.4 Å². The summed E-state index contributed by atoms with van der Waals surface area (Å²) in [5.74, 6) is -2.22. The average Bonchev–Trinajstić information content (AvgIpc) is 2.61. The summed E-state index contributed by atoms with van der Waals surface area (Å²) in [5, 5.41) is 11.0. The van der Waals surface area contributed by atoms with Gasteiger partial charge in [0.2, 0.25) is 0 Å². The first-order chi connectivity index (χ1) is 12.4. The van der Waals surface area contributed by atoms with Crippen LogP contribution in [0.15, 0.2) is 30.3 Å². The van der Waals surface area contributed by atoms with Crippen LogP contribution in [0.2, 0.25) is 0 Å². The van der Waals surface area contributed by atoms with Crippen molar-refractivity contribution in [3.8, 4) is 0 Å². The number of unbranched alkanes of at least 4 members (excludes halogenated alkanes) is 1. The van der Waals surface area contributed by atoms with E-state index >= 15 is 0 Å². The Hall–Kier alpha value is -2.89. The van der Waals surface area contributed by atoms with E-state index in [-0.39, 0.29) is 6.42 Å². The van der Waals surface area contributed by atoms with Crippen LogP contribution in [-0.4, -0.2) is 47.9 Å². The van der Waals surface area contributed by atoms with Crippen LogP contribution >= 0.6 is 0 Å². The molecule has 136 valence electrons. The van der Waals surface area contributed by atoms with Gasteiger partial charge in [0.15, 0.2) is 0 Å². The maximum absolute atomic E-state index is 13.1. The normalized spacial score (nSPS) is 14.7. The third-order valence-corrected chi connectivity index (χ3v) is 4.80. The van der Waals surface area contributed by atoms with Crippen molar-refractivity contribution in [2.24, 2.45) is 0 Å². The summed E-state index contributed by atoms with van der Waals surface area (Å²) in [5.41, 5.74) is 1.59. The largest absolute Gasteiger partial charge is 0.480 e. The van der Waals surface area contributed by atoms with Crippen LogP contribution in [0, 0.1) is 0 Å². The number of benzene rings is 2. The Labute approximate surface area is 152 Å². The molecular formula is C20H22N2O4. The van der Waals surface area contributed by atoms with E-state index in [1.54, 1.807) is 18.2 Å². The van der Waals surface area contributed by atoms with Crippen molar-refractivity contribution < 1.29 is 19.5 Å². The second kappa shape index (κ2) is 6.78. The number of carboxylic acids is 1. The van der Waals surface area contributed by atoms with Crippen LogP contribution in [0.3, 0.4) is 0 Å². The average molecular weight is 354 g/mol. The third-order valence-electron chi connectivity index (χ3n) is 4.80. The van der Waals surface area contributed by atoms with Crippen molar-refractivity contribution in [3.05, 3.63) is 41.5 Å². The SMILES string of the molecule is CCCCC(C(=O)O)N1C(=O)c2cccc3cc(N(C)C)cc(c23)C1=O. The number of carbonyl (C=O) groups excluding carboxylic acids is 2. The number of imide groups is 1. The van der Waals surface area contributed by atoms with Crippen molar-refractivity contribution in [1.29, 1.82) is 0 Å². The standard InChI is InChI=1S/C20H22N2O4/c1-4-5-9-16(20(25)26)22-18(23)14-8-6-7-12-10-13(21(2)3)11-15(17(12)14)19(22)24/h6-8,10-11,16H,4-5,9H2,1-3H3,(H,25,26). The summed E-state index contributed by atoms with van der Waals surface area (Å²) in [6.07, 6.45) is 1.67. The smallest absolute Gasteiger partial charge is 0.326 e. The fourth-order valence-electron chi connectivity index (χ4n) is 3.41. The molecule has 0 aliphatic carbocycles. The number of hydrogen-bond donors (Lipinski definition) is 1. The molecule has 6 nitrogen and oxygen atoms in total. The molecular weight excluding hydrogens is 332 g/mol. The summed E-state index contributed by atoms with van der Waals surface area (Å²) in [6, 6.07) is 7.77. The fraction of sp³-hybridized carbons (Fsp3) is 0.350. The number of carboxylic acid groups (broad SMARTS) is 1. The minimum Gasteiger partial charge on any atom is -0.480 e. The first kappa shape index (κ1) is 17.9. The van der Waals surface area contributed by atoms with Crippen molar-refractivity contribution >= 4 is 34.2 Å². The van der Waals surface area contributed by atoms with Crippen LogP contribution in [0.5, 0.6) is 0 Å². The topological polar surface area (TPSA) is 77.9 Å². The molecule has 1 aliphatic rings. The minimum absolute atomic E-state index is 0.252. The Morgan fingerprint density at radius 3 is 2.46 bits per heavy atom. The zero-order valence-electron chi connectivity index (χ0n) is 15.2. The number of aliphatic carboxylic acids is 1. The number of hydrogen-bond acceptors (Lipinski definition) is 4. The van der Waals surface area contributed by atoms with Crippen LogP contribution in [-0.2, 0) is 4.79 Å². The molecule has 0 saturated carbocycles. The van der Waals surface area contributed by atoms with Gasteiger partial charge in [-0.2, -0.15) is 0 Å². The van der Waals surface area contributed by atoms with Crippen LogP contribution in [0.1, 0.15) is 46.9 Å². The van der Waals surface area contributed by atoms with Gasteiger partial charge in [-0.3, -0.25) is 14.5 Å². The molecule has 1 aliphatic heterocycles. The van der Waals surface area contributed by atoms with E-state index in [2.05, 4.69) is 0 Å². The maximum atomic E-state index is 13.1. The van der Waals surface area contributed by atoms with Crippen molar-refractivity contribution in [3.63, 3.8) is 0 Å². The van der Waals surface area contributed by atoms with Crippen LogP contribution < -0.4 is 4.90 Å². The molecule has 0 spiro atoms. The van der Waals surface area contributed by atoms with Gasteiger partial charge in [-0.25, -0.2) is 4.79 Å². The quantitative estimate of drug-likeness (QED) is 0.806. The van der Waals surface area contributed by atoms with E-state index in [0.29, 0.717) is 22.9 Å². The van der Waals surface area contributed by atoms with Crippen molar-refractivity contribution in [2.75, 3.05) is 19.0 Å². The zero-order valence-corrected chi connectivity index (χ0v) is 15.2. The van der Waals surface area contributed by atoms with E-state index in [4.69, 9.17) is 0 Å². The molecule has 0 saturated heterocycles. The van der Waals surface area contributed by atoms with Gasteiger partial charge in [0.25, 0.3) is 11.8 Å². The first-order valence-electron chi connectivity index (χ1n) is 8.71. The second-order valence-electron chi connectivity index (χ2n) is 6.77. The molecule has 2 aromatic carbocycles. The predicted octanol–water partition coefficient (Wildman–Crippen LogP) is 3.15. The zero-order chi connectivity index (χ0) is 19.0. The van der Waals surface area contributed by atoms with E-state index in [1.165, 1.54) is 0 Å².